The Hall–Kier alpha value is -0.670. The van der Waals surface area contributed by atoms with Gasteiger partial charge in [-0.2, -0.15) is 0 Å². The van der Waals surface area contributed by atoms with Crippen LogP contribution in [0.2, 0.25) is 0 Å². The van der Waals surface area contributed by atoms with E-state index in [9.17, 15) is 0 Å². The summed E-state index contributed by atoms with van der Waals surface area (Å²) in [5.74, 6) is 0. The fraction of sp³-hybridized carbons (Fsp3) is 0.615. The van der Waals surface area contributed by atoms with Crippen molar-refractivity contribution in [2.45, 2.75) is 45.1 Å². The van der Waals surface area contributed by atoms with Gasteiger partial charge in [-0.25, -0.2) is 0 Å². The molecule has 16 heavy (non-hydrogen) atoms. The molecule has 1 aromatic heterocycles. The van der Waals surface area contributed by atoms with Crippen molar-refractivity contribution in [1.82, 2.24) is 10.3 Å². The highest BCUT2D eigenvalue weighted by Crippen LogP contribution is 2.20. The number of nitrogens with zero attached hydrogens (tertiary/aromatic N) is 1. The van der Waals surface area contributed by atoms with Crippen LogP contribution in [-0.2, 0) is 0 Å². The zero-order valence-corrected chi connectivity index (χ0v) is 10.7. The summed E-state index contributed by atoms with van der Waals surface area (Å²) in [4.78, 5) is 5.44. The first-order chi connectivity index (χ1) is 7.86. The molecular weight excluding hydrogens is 216 g/mol. The largest absolute Gasteiger partial charge is 0.309 e. The Balaban J connectivity index is 1.69. The molecule has 0 aromatic carbocycles. The molecule has 0 amide bonds. The third kappa shape index (κ3) is 3.42. The highest BCUT2D eigenvalue weighted by atomic mass is 32.1. The van der Waals surface area contributed by atoms with Crippen LogP contribution in [0.5, 0.6) is 0 Å². The number of nitrogens with one attached hydrogen (secondary N) is 1. The van der Waals surface area contributed by atoms with E-state index in [2.05, 4.69) is 23.3 Å². The van der Waals surface area contributed by atoms with Crippen molar-refractivity contribution < 1.29 is 0 Å². The van der Waals surface area contributed by atoms with Crippen LogP contribution >= 0.6 is 11.3 Å². The summed E-state index contributed by atoms with van der Waals surface area (Å²) in [6.07, 6.45) is 11.0. The van der Waals surface area contributed by atoms with Crippen LogP contribution in [0, 0.1) is 0 Å². The van der Waals surface area contributed by atoms with Crippen LogP contribution in [-0.4, -0.2) is 11.5 Å². The molecule has 1 unspecified atom stereocenters. The molecule has 3 heteroatoms. The van der Waals surface area contributed by atoms with Crippen molar-refractivity contribution in [2.75, 3.05) is 6.54 Å². The first-order valence-electron chi connectivity index (χ1n) is 6.16. The van der Waals surface area contributed by atoms with Gasteiger partial charge in [0.15, 0.2) is 0 Å². The summed E-state index contributed by atoms with van der Waals surface area (Å²) in [5, 5.41) is 3.56. The fourth-order valence-electron chi connectivity index (χ4n) is 2.12. The maximum Gasteiger partial charge on any atom is 0.0794 e. The molecule has 0 fully saturated rings. The molecule has 0 saturated heterocycles. The molecule has 1 aliphatic carbocycles. The van der Waals surface area contributed by atoms with Crippen LogP contribution < -0.4 is 5.32 Å². The SMILES string of the molecule is CC(NCCC1=CCCCC1)c1cncs1. The van der Waals surface area contributed by atoms with Crippen LogP contribution in [0.4, 0.5) is 0 Å². The third-order valence-electron chi connectivity index (χ3n) is 3.16. The lowest BCUT2D eigenvalue weighted by atomic mass is 9.97. The van der Waals surface area contributed by atoms with Gasteiger partial charge in [-0.3, -0.25) is 4.98 Å². The van der Waals surface area contributed by atoms with Crippen molar-refractivity contribution in [2.24, 2.45) is 0 Å². The second kappa shape index (κ2) is 6.16. The lowest BCUT2D eigenvalue weighted by Crippen LogP contribution is -2.19. The summed E-state index contributed by atoms with van der Waals surface area (Å²) in [5.41, 5.74) is 3.55. The summed E-state index contributed by atoms with van der Waals surface area (Å²) in [7, 11) is 0. The van der Waals surface area contributed by atoms with Crippen molar-refractivity contribution >= 4 is 11.3 Å². The predicted octanol–water partition coefficient (Wildman–Crippen LogP) is 3.68. The third-order valence-corrected chi connectivity index (χ3v) is 4.12. The van der Waals surface area contributed by atoms with Gasteiger partial charge >= 0.3 is 0 Å². The van der Waals surface area contributed by atoms with E-state index < -0.39 is 0 Å². The molecule has 0 bridgehead atoms. The van der Waals surface area contributed by atoms with Gasteiger partial charge in [-0.15, -0.1) is 11.3 Å². The van der Waals surface area contributed by atoms with Gasteiger partial charge in [0.2, 0.25) is 0 Å². The van der Waals surface area contributed by atoms with E-state index in [1.165, 1.54) is 37.0 Å². The molecule has 0 radical (unpaired) electrons. The normalized spacial score (nSPS) is 18.2. The summed E-state index contributed by atoms with van der Waals surface area (Å²) in [6.45, 7) is 3.30. The maximum atomic E-state index is 4.11. The van der Waals surface area contributed by atoms with Gasteiger partial charge in [0.1, 0.15) is 0 Å². The van der Waals surface area contributed by atoms with E-state index >= 15 is 0 Å². The monoisotopic (exact) mass is 236 g/mol. The molecule has 2 nitrogen and oxygen atoms in total. The van der Waals surface area contributed by atoms with Crippen LogP contribution in [0.15, 0.2) is 23.4 Å². The molecule has 1 aliphatic rings. The van der Waals surface area contributed by atoms with E-state index in [1.54, 1.807) is 16.9 Å². The Morgan fingerprint density at radius 2 is 2.44 bits per heavy atom. The van der Waals surface area contributed by atoms with Gasteiger partial charge in [-0.1, -0.05) is 11.6 Å². The number of rotatable bonds is 5. The van der Waals surface area contributed by atoms with E-state index in [1.807, 2.05) is 11.7 Å². The Morgan fingerprint density at radius 3 is 3.12 bits per heavy atom. The second-order valence-corrected chi connectivity index (χ2v) is 5.36. The molecule has 2 rings (SSSR count). The molecule has 1 heterocycles. The van der Waals surface area contributed by atoms with Gasteiger partial charge < -0.3 is 5.32 Å². The van der Waals surface area contributed by atoms with E-state index in [4.69, 9.17) is 0 Å². The van der Waals surface area contributed by atoms with Gasteiger partial charge in [0.25, 0.3) is 0 Å². The molecular formula is C13H20N2S. The number of hydrogen-bond acceptors (Lipinski definition) is 3. The minimum Gasteiger partial charge on any atom is -0.309 e. The highest BCUT2D eigenvalue weighted by Gasteiger charge is 2.07. The Kier molecular flexibility index (Phi) is 4.55. The smallest absolute Gasteiger partial charge is 0.0794 e. The first kappa shape index (κ1) is 11.8. The highest BCUT2D eigenvalue weighted by molar-refractivity contribution is 7.09. The predicted molar refractivity (Wildman–Crippen MR) is 69.7 cm³/mol. The summed E-state index contributed by atoms with van der Waals surface area (Å²) < 4.78 is 0. The molecule has 1 aromatic rings. The first-order valence-corrected chi connectivity index (χ1v) is 7.04. The molecule has 88 valence electrons. The Bertz CT molecular complexity index is 330. The zero-order chi connectivity index (χ0) is 11.2. The second-order valence-electron chi connectivity index (χ2n) is 4.44. The number of thiazole rings is 1. The van der Waals surface area contributed by atoms with E-state index in [0.717, 1.165) is 6.54 Å². The summed E-state index contributed by atoms with van der Waals surface area (Å²) >= 11 is 1.73. The molecule has 0 saturated carbocycles. The standard InChI is InChI=1S/C13H20N2S/c1-11(13-9-14-10-16-13)15-8-7-12-5-3-2-4-6-12/h5,9-11,15H,2-4,6-8H2,1H3. The van der Waals surface area contributed by atoms with Crippen molar-refractivity contribution in [3.63, 3.8) is 0 Å². The number of hydrogen-bond donors (Lipinski definition) is 1. The summed E-state index contributed by atoms with van der Waals surface area (Å²) in [6, 6.07) is 0.441. The van der Waals surface area contributed by atoms with Crippen molar-refractivity contribution in [1.29, 1.82) is 0 Å². The van der Waals surface area contributed by atoms with Gasteiger partial charge in [-0.05, 0) is 45.6 Å². The Morgan fingerprint density at radius 1 is 1.50 bits per heavy atom. The van der Waals surface area contributed by atoms with Crippen LogP contribution in [0.3, 0.4) is 0 Å². The molecule has 1 N–H and O–H groups in total. The lowest BCUT2D eigenvalue weighted by molar-refractivity contribution is 0.568. The fourth-order valence-corrected chi connectivity index (χ4v) is 2.77. The van der Waals surface area contributed by atoms with Gasteiger partial charge in [0.05, 0.1) is 5.51 Å². The number of aromatic nitrogens is 1. The minimum absolute atomic E-state index is 0.441. The number of allylic oxidation sites excluding steroid dienone is 1. The zero-order valence-electron chi connectivity index (χ0n) is 9.91. The topological polar surface area (TPSA) is 24.9 Å². The average Bonchev–Trinajstić information content (AvgIpc) is 2.84. The maximum absolute atomic E-state index is 4.11. The minimum atomic E-state index is 0.441. The molecule has 0 aliphatic heterocycles. The van der Waals surface area contributed by atoms with Gasteiger partial charge in [0, 0.05) is 17.1 Å². The van der Waals surface area contributed by atoms with Crippen LogP contribution in [0.1, 0.15) is 49.9 Å². The van der Waals surface area contributed by atoms with Crippen LogP contribution in [0.25, 0.3) is 0 Å². The van der Waals surface area contributed by atoms with E-state index in [0.29, 0.717) is 6.04 Å². The molecule has 0 spiro atoms. The lowest BCUT2D eigenvalue weighted by Gasteiger charge is -2.15. The Labute approximate surface area is 102 Å². The van der Waals surface area contributed by atoms with E-state index in [-0.39, 0.29) is 0 Å². The van der Waals surface area contributed by atoms with Crippen molar-refractivity contribution in [3.05, 3.63) is 28.2 Å². The quantitative estimate of drug-likeness (QED) is 0.789. The average molecular weight is 236 g/mol. The molecule has 1 atom stereocenters. The van der Waals surface area contributed by atoms with Crippen molar-refractivity contribution in [3.8, 4) is 0 Å².